The number of fused-ring (bicyclic) bond motifs is 2. The normalized spacial score (nSPS) is 16.5. The maximum absolute atomic E-state index is 5.85. The highest BCUT2D eigenvalue weighted by atomic mass is 15.2. The second-order valence-electron chi connectivity index (χ2n) is 5.51. The molecule has 0 unspecified atom stereocenters. The first kappa shape index (κ1) is 10.9. The molecule has 3 heteroatoms. The summed E-state index contributed by atoms with van der Waals surface area (Å²) in [6, 6.07) is 10.6. The maximum Gasteiger partial charge on any atom is 0.129 e. The van der Waals surface area contributed by atoms with Crippen molar-refractivity contribution in [1.82, 2.24) is 4.98 Å². The second-order valence-corrected chi connectivity index (χ2v) is 5.51. The molecule has 0 fully saturated rings. The van der Waals surface area contributed by atoms with Crippen LogP contribution < -0.4 is 10.6 Å². The Kier molecular flexibility index (Phi) is 2.28. The third kappa shape index (κ3) is 1.77. The van der Waals surface area contributed by atoms with Crippen LogP contribution in [0.3, 0.4) is 0 Å². The predicted octanol–water partition coefficient (Wildman–Crippen LogP) is 2.67. The standard InChI is InChI=1S/C16H17N3/c17-14-6-4-12-9-19(10-13(12)8-14)16-7-5-11-2-1-3-15(11)18-16/h4-8H,1-3,9-10,17H2. The molecular weight excluding hydrogens is 234 g/mol. The average molecular weight is 251 g/mol. The highest BCUT2D eigenvalue weighted by Gasteiger charge is 2.21. The monoisotopic (exact) mass is 251 g/mol. The van der Waals surface area contributed by atoms with Crippen molar-refractivity contribution in [3.8, 4) is 0 Å². The SMILES string of the molecule is Nc1ccc2c(c1)CN(c1ccc3c(n1)CCC3)C2. The molecule has 1 aromatic carbocycles. The number of nitrogen functional groups attached to an aromatic ring is 1. The van der Waals surface area contributed by atoms with Crippen molar-refractivity contribution in [2.24, 2.45) is 0 Å². The molecule has 0 radical (unpaired) electrons. The number of nitrogens with two attached hydrogens (primary N) is 1. The van der Waals surface area contributed by atoms with Gasteiger partial charge in [0.1, 0.15) is 5.82 Å². The molecule has 0 atom stereocenters. The van der Waals surface area contributed by atoms with Crippen LogP contribution in [0.1, 0.15) is 28.8 Å². The minimum Gasteiger partial charge on any atom is -0.399 e. The van der Waals surface area contributed by atoms with E-state index in [1.165, 1.54) is 35.2 Å². The predicted molar refractivity (Wildman–Crippen MR) is 77.0 cm³/mol. The summed E-state index contributed by atoms with van der Waals surface area (Å²) in [6.07, 6.45) is 3.58. The molecule has 4 rings (SSSR count). The number of hydrogen-bond donors (Lipinski definition) is 1. The van der Waals surface area contributed by atoms with Crippen molar-refractivity contribution in [2.45, 2.75) is 32.4 Å². The van der Waals surface area contributed by atoms with Crippen molar-refractivity contribution >= 4 is 11.5 Å². The highest BCUT2D eigenvalue weighted by Crippen LogP contribution is 2.30. The Labute approximate surface area is 113 Å². The van der Waals surface area contributed by atoms with Crippen molar-refractivity contribution < 1.29 is 0 Å². The van der Waals surface area contributed by atoms with E-state index < -0.39 is 0 Å². The molecular formula is C16H17N3. The fourth-order valence-corrected chi connectivity index (χ4v) is 3.16. The van der Waals surface area contributed by atoms with Crippen molar-refractivity contribution in [2.75, 3.05) is 10.6 Å². The van der Waals surface area contributed by atoms with E-state index in [4.69, 9.17) is 10.7 Å². The van der Waals surface area contributed by atoms with Crippen LogP contribution >= 0.6 is 0 Å². The summed E-state index contributed by atoms with van der Waals surface area (Å²) < 4.78 is 0. The van der Waals surface area contributed by atoms with Gasteiger partial charge < -0.3 is 10.6 Å². The lowest BCUT2D eigenvalue weighted by molar-refractivity contribution is 0.843. The van der Waals surface area contributed by atoms with Gasteiger partial charge in [-0.2, -0.15) is 0 Å². The Morgan fingerprint density at radius 3 is 2.74 bits per heavy atom. The third-order valence-electron chi connectivity index (χ3n) is 4.19. The van der Waals surface area contributed by atoms with Crippen LogP contribution in [-0.4, -0.2) is 4.98 Å². The molecule has 2 aliphatic rings. The van der Waals surface area contributed by atoms with Gasteiger partial charge in [-0.25, -0.2) is 4.98 Å². The Balaban J connectivity index is 1.65. The van der Waals surface area contributed by atoms with Crippen LogP contribution in [0.2, 0.25) is 0 Å². The fraction of sp³-hybridized carbons (Fsp3) is 0.312. The van der Waals surface area contributed by atoms with E-state index in [1.807, 2.05) is 6.07 Å². The molecule has 3 nitrogen and oxygen atoms in total. The number of anilines is 2. The van der Waals surface area contributed by atoms with Crippen molar-refractivity contribution in [1.29, 1.82) is 0 Å². The molecule has 1 aliphatic carbocycles. The van der Waals surface area contributed by atoms with Crippen LogP contribution in [0, 0.1) is 0 Å². The summed E-state index contributed by atoms with van der Waals surface area (Å²) in [5.74, 6) is 1.11. The van der Waals surface area contributed by atoms with E-state index in [-0.39, 0.29) is 0 Å². The molecule has 1 aromatic heterocycles. The van der Waals surface area contributed by atoms with Crippen LogP contribution in [0.15, 0.2) is 30.3 Å². The Morgan fingerprint density at radius 2 is 1.79 bits per heavy atom. The zero-order chi connectivity index (χ0) is 12.8. The van der Waals surface area contributed by atoms with Gasteiger partial charge in [0.2, 0.25) is 0 Å². The lowest BCUT2D eigenvalue weighted by Gasteiger charge is -2.17. The van der Waals surface area contributed by atoms with Crippen LogP contribution in [0.4, 0.5) is 11.5 Å². The minimum atomic E-state index is 0.850. The number of aromatic nitrogens is 1. The summed E-state index contributed by atoms with van der Waals surface area (Å²) in [5, 5.41) is 0. The van der Waals surface area contributed by atoms with Gasteiger partial charge >= 0.3 is 0 Å². The molecule has 2 N–H and O–H groups in total. The first-order valence-electron chi connectivity index (χ1n) is 6.90. The zero-order valence-corrected chi connectivity index (χ0v) is 10.9. The first-order valence-corrected chi connectivity index (χ1v) is 6.90. The van der Waals surface area contributed by atoms with E-state index in [0.717, 1.165) is 31.0 Å². The molecule has 96 valence electrons. The van der Waals surface area contributed by atoms with Gasteiger partial charge in [0.25, 0.3) is 0 Å². The summed E-state index contributed by atoms with van der Waals surface area (Å²) in [5.41, 5.74) is 12.1. The quantitative estimate of drug-likeness (QED) is 0.792. The lowest BCUT2D eigenvalue weighted by Crippen LogP contribution is -2.16. The fourth-order valence-electron chi connectivity index (χ4n) is 3.16. The van der Waals surface area contributed by atoms with Crippen molar-refractivity contribution in [3.05, 3.63) is 52.7 Å². The smallest absolute Gasteiger partial charge is 0.129 e. The number of hydrogen-bond acceptors (Lipinski definition) is 3. The van der Waals surface area contributed by atoms with Crippen molar-refractivity contribution in [3.63, 3.8) is 0 Å². The molecule has 0 bridgehead atoms. The number of nitrogens with zero attached hydrogens (tertiary/aromatic N) is 2. The van der Waals surface area contributed by atoms with E-state index in [2.05, 4.69) is 29.2 Å². The van der Waals surface area contributed by atoms with Crippen LogP contribution in [-0.2, 0) is 25.9 Å². The number of benzene rings is 1. The lowest BCUT2D eigenvalue weighted by atomic mass is 10.1. The molecule has 19 heavy (non-hydrogen) atoms. The van der Waals surface area contributed by atoms with Gasteiger partial charge in [0, 0.05) is 24.5 Å². The molecule has 0 amide bonds. The van der Waals surface area contributed by atoms with E-state index >= 15 is 0 Å². The molecule has 1 aliphatic heterocycles. The van der Waals surface area contributed by atoms with Gasteiger partial charge in [-0.05, 0) is 54.2 Å². The minimum absolute atomic E-state index is 0.850. The third-order valence-corrected chi connectivity index (χ3v) is 4.19. The Bertz CT molecular complexity index is 648. The summed E-state index contributed by atoms with van der Waals surface area (Å²) in [6.45, 7) is 1.87. The van der Waals surface area contributed by atoms with E-state index in [1.54, 1.807) is 0 Å². The number of rotatable bonds is 1. The van der Waals surface area contributed by atoms with Gasteiger partial charge in [-0.15, -0.1) is 0 Å². The van der Waals surface area contributed by atoms with Crippen LogP contribution in [0.25, 0.3) is 0 Å². The molecule has 2 aromatic rings. The first-order chi connectivity index (χ1) is 9.29. The van der Waals surface area contributed by atoms with Gasteiger partial charge in [0.15, 0.2) is 0 Å². The molecule has 0 spiro atoms. The number of pyridine rings is 1. The second kappa shape index (κ2) is 3.98. The molecule has 0 saturated carbocycles. The molecule has 0 saturated heterocycles. The Morgan fingerprint density at radius 1 is 0.947 bits per heavy atom. The summed E-state index contributed by atoms with van der Waals surface area (Å²) in [4.78, 5) is 7.17. The maximum atomic E-state index is 5.85. The summed E-state index contributed by atoms with van der Waals surface area (Å²) in [7, 11) is 0. The Hall–Kier alpha value is -2.03. The number of aryl methyl sites for hydroxylation is 2. The largest absolute Gasteiger partial charge is 0.399 e. The topological polar surface area (TPSA) is 42.1 Å². The zero-order valence-electron chi connectivity index (χ0n) is 10.9. The van der Waals surface area contributed by atoms with Gasteiger partial charge in [-0.3, -0.25) is 0 Å². The van der Waals surface area contributed by atoms with E-state index in [0.29, 0.717) is 0 Å². The van der Waals surface area contributed by atoms with Gasteiger partial charge in [-0.1, -0.05) is 12.1 Å². The average Bonchev–Trinajstić information content (AvgIpc) is 3.02. The summed E-state index contributed by atoms with van der Waals surface area (Å²) >= 11 is 0. The van der Waals surface area contributed by atoms with Crippen LogP contribution in [0.5, 0.6) is 0 Å². The van der Waals surface area contributed by atoms with Gasteiger partial charge in [0.05, 0.1) is 0 Å². The van der Waals surface area contributed by atoms with E-state index in [9.17, 15) is 0 Å². The molecule has 2 heterocycles. The highest BCUT2D eigenvalue weighted by molar-refractivity contribution is 5.53.